The van der Waals surface area contributed by atoms with Crippen LogP contribution in [0, 0.1) is 29.6 Å². The smallest absolute Gasteiger partial charge is 0.329 e. The zero-order valence-corrected chi connectivity index (χ0v) is 41.7. The van der Waals surface area contributed by atoms with Crippen LogP contribution in [0.25, 0.3) is 10.9 Å². The number of nitrogens with one attached hydrogen (secondary N) is 1. The predicted octanol–water partition coefficient (Wildman–Crippen LogP) is 8.91. The summed E-state index contributed by atoms with van der Waals surface area (Å²) in [5, 5.41) is 17.2. The van der Waals surface area contributed by atoms with Gasteiger partial charge >= 0.3 is 5.97 Å². The number of ketones is 2. The summed E-state index contributed by atoms with van der Waals surface area (Å²) in [6, 6.07) is 8.51. The molecule has 370 valence electrons. The fraction of sp³-hybridized carbons (Fsp3) is 0.704. The Morgan fingerprint density at radius 3 is 2.34 bits per heavy atom. The molecule has 13 heteroatoms. The van der Waals surface area contributed by atoms with Gasteiger partial charge in [0, 0.05) is 75.0 Å². The van der Waals surface area contributed by atoms with Crippen molar-refractivity contribution in [3.05, 3.63) is 53.8 Å². The molecule has 2 N–H and O–H groups in total. The highest BCUT2D eigenvalue weighted by molar-refractivity contribution is 6.39. The normalized spacial score (nSPS) is 36.7. The van der Waals surface area contributed by atoms with Crippen LogP contribution in [0.15, 0.2) is 53.8 Å². The van der Waals surface area contributed by atoms with Crippen molar-refractivity contribution in [3.63, 3.8) is 0 Å². The Kier molecular flexibility index (Phi) is 16.9. The first-order chi connectivity index (χ1) is 32.1. The number of benzene rings is 1. The highest BCUT2D eigenvalue weighted by Crippen LogP contribution is 2.41. The molecule has 0 spiro atoms. The number of nitrogens with zero attached hydrogens (tertiary/aromatic N) is 2. The first kappa shape index (κ1) is 51.0. The topological polar surface area (TPSA) is 155 Å². The summed E-state index contributed by atoms with van der Waals surface area (Å²) in [6.45, 7) is 12.0. The standard InChI is InChI=1S/C54H79N3O10/c1-10-38-26-32(2)25-33(3)27-47(64-8)50-48(65-9)29-36(6)54(62,67-50)51(59)52(60)57-23-12-11-13-44(57)53(61)66-49(34(4)14-21-45(38)58)35(5)28-37-15-19-42(46(30-37)63-7)55-40-16-20-43-39(31-40)22-24-56(43)41-17-18-41/h16,20,22,24,26,28,31,33-34,36-38,41-42,44,46-50,55,62H,10-15,17-19,21,23,25,27,29-30H2,1-9H3/b32-26+,35-28?. The molecule has 1 amide bonds. The second kappa shape index (κ2) is 22.3. The highest BCUT2D eigenvalue weighted by Gasteiger charge is 2.56. The number of hydrogen-bond donors (Lipinski definition) is 2. The molecule has 13 nitrogen and oxygen atoms in total. The number of aromatic nitrogens is 1. The molecular formula is C54H79N3O10. The number of allylic oxidation sites excluding steroid dienone is 3. The maximum absolute atomic E-state index is 14.6. The van der Waals surface area contributed by atoms with E-state index in [1.807, 2.05) is 20.8 Å². The van der Waals surface area contributed by atoms with Crippen molar-refractivity contribution >= 4 is 40.0 Å². The average Bonchev–Trinajstić information content (AvgIpc) is 4.09. The first-order valence-corrected chi connectivity index (χ1v) is 25.4. The van der Waals surface area contributed by atoms with Crippen molar-refractivity contribution in [2.24, 2.45) is 29.6 Å². The lowest BCUT2D eigenvalue weighted by atomic mass is 9.81. The number of hydrogen-bond acceptors (Lipinski definition) is 11. The molecule has 2 bridgehead atoms. The van der Waals surface area contributed by atoms with E-state index in [4.69, 9.17) is 23.7 Å². The van der Waals surface area contributed by atoms with Crippen LogP contribution in [0.3, 0.4) is 0 Å². The van der Waals surface area contributed by atoms with Crippen molar-refractivity contribution in [3.8, 4) is 0 Å². The van der Waals surface area contributed by atoms with Gasteiger partial charge in [-0.1, -0.05) is 45.4 Å². The van der Waals surface area contributed by atoms with Crippen molar-refractivity contribution in [2.45, 2.75) is 186 Å². The largest absolute Gasteiger partial charge is 0.456 e. The SMILES string of the molecule is CCC1/C=C(\C)CC(C)CC(OC)C2OC(O)(C(=O)C(=O)N3CCCCC3C(=O)OC(C(C)=CC3CCC(Nc4ccc5c(ccn5C5CC5)c4)C(OC)C3)C(C)CCC1=O)C(C)CC2OC. The molecule has 0 radical (unpaired) electrons. The van der Waals surface area contributed by atoms with Crippen LogP contribution in [0.5, 0.6) is 0 Å². The van der Waals surface area contributed by atoms with Crippen molar-refractivity contribution in [1.29, 1.82) is 0 Å². The van der Waals surface area contributed by atoms with Gasteiger partial charge in [0.25, 0.3) is 11.7 Å². The number of rotatable bonds is 9. The van der Waals surface area contributed by atoms with Crippen LogP contribution < -0.4 is 5.32 Å². The number of piperidine rings is 1. The molecule has 67 heavy (non-hydrogen) atoms. The quantitative estimate of drug-likeness (QED) is 0.141. The van der Waals surface area contributed by atoms with Gasteiger partial charge in [0.2, 0.25) is 5.79 Å². The maximum Gasteiger partial charge on any atom is 0.329 e. The van der Waals surface area contributed by atoms with E-state index >= 15 is 0 Å². The summed E-state index contributed by atoms with van der Waals surface area (Å²) in [4.78, 5) is 58.6. The van der Waals surface area contributed by atoms with Crippen LogP contribution in [0.4, 0.5) is 5.69 Å². The van der Waals surface area contributed by atoms with Crippen molar-refractivity contribution in [2.75, 3.05) is 33.2 Å². The number of cyclic esters (lactones) is 1. The second-order valence-corrected chi connectivity index (χ2v) is 21.0. The molecule has 2 aromatic rings. The van der Waals surface area contributed by atoms with Gasteiger partial charge in [-0.15, -0.1) is 0 Å². The molecule has 4 fully saturated rings. The van der Waals surface area contributed by atoms with E-state index in [-0.39, 0.29) is 54.6 Å². The van der Waals surface area contributed by atoms with Crippen molar-refractivity contribution < 1.29 is 48.0 Å². The number of aliphatic hydroxyl groups is 1. The molecule has 1 aromatic carbocycles. The lowest BCUT2D eigenvalue weighted by molar-refractivity contribution is -0.302. The molecule has 2 aliphatic carbocycles. The minimum atomic E-state index is -2.47. The fourth-order valence-electron chi connectivity index (χ4n) is 11.7. The zero-order chi connectivity index (χ0) is 48.2. The zero-order valence-electron chi connectivity index (χ0n) is 41.7. The number of anilines is 1. The molecule has 2 saturated carbocycles. The van der Waals surface area contributed by atoms with E-state index in [2.05, 4.69) is 66.3 Å². The van der Waals surface area contributed by atoms with Crippen LogP contribution in [-0.4, -0.2) is 114 Å². The monoisotopic (exact) mass is 930 g/mol. The summed E-state index contributed by atoms with van der Waals surface area (Å²) < 4.78 is 33.2. The van der Waals surface area contributed by atoms with E-state index in [1.165, 1.54) is 28.6 Å². The Morgan fingerprint density at radius 2 is 1.64 bits per heavy atom. The van der Waals surface area contributed by atoms with Crippen LogP contribution in [0.2, 0.25) is 0 Å². The first-order valence-electron chi connectivity index (χ1n) is 25.4. The van der Waals surface area contributed by atoms with E-state index in [0.29, 0.717) is 57.4 Å². The van der Waals surface area contributed by atoms with Gasteiger partial charge in [-0.05, 0) is 145 Å². The summed E-state index contributed by atoms with van der Waals surface area (Å²) in [5.41, 5.74) is 4.32. The van der Waals surface area contributed by atoms with Crippen LogP contribution in [-0.2, 0) is 42.9 Å². The summed E-state index contributed by atoms with van der Waals surface area (Å²) in [5.74, 6) is -6.03. The van der Waals surface area contributed by atoms with Gasteiger partial charge in [0.1, 0.15) is 24.0 Å². The third-order valence-corrected chi connectivity index (χ3v) is 15.8. The summed E-state index contributed by atoms with van der Waals surface area (Å²) in [6.07, 6.45) is 13.4. The lowest BCUT2D eigenvalue weighted by Gasteiger charge is -2.47. The van der Waals surface area contributed by atoms with E-state index in [9.17, 15) is 24.3 Å². The average molecular weight is 930 g/mol. The fourth-order valence-corrected chi connectivity index (χ4v) is 11.7. The van der Waals surface area contributed by atoms with Crippen LogP contribution >= 0.6 is 0 Å². The van der Waals surface area contributed by atoms with E-state index < -0.39 is 59.8 Å². The summed E-state index contributed by atoms with van der Waals surface area (Å²) >= 11 is 0. The Balaban J connectivity index is 1.14. The van der Waals surface area contributed by atoms with Gasteiger partial charge in [0.05, 0.1) is 24.4 Å². The third kappa shape index (κ3) is 11.6. The number of esters is 1. The molecule has 3 aliphatic heterocycles. The number of fused-ring (bicyclic) bond motifs is 4. The lowest BCUT2D eigenvalue weighted by Crippen LogP contribution is -2.64. The Morgan fingerprint density at radius 1 is 0.910 bits per heavy atom. The van der Waals surface area contributed by atoms with Gasteiger partial charge < -0.3 is 43.6 Å². The van der Waals surface area contributed by atoms with Gasteiger partial charge in [-0.2, -0.15) is 0 Å². The molecule has 13 unspecified atom stereocenters. The van der Waals surface area contributed by atoms with Gasteiger partial charge in [0.15, 0.2) is 0 Å². The molecule has 7 rings (SSSR count). The Hall–Kier alpha value is -3.88. The Bertz CT molecular complexity index is 2130. The van der Waals surface area contributed by atoms with E-state index in [0.717, 1.165) is 36.1 Å². The number of ether oxygens (including phenoxy) is 5. The number of carbonyl (C=O) groups excluding carboxylic acids is 4. The number of Topliss-reactive ketones (excluding diaryl/α,β-unsaturated/α-hetero) is 2. The maximum atomic E-state index is 14.6. The Labute approximate surface area is 398 Å². The predicted molar refractivity (Wildman–Crippen MR) is 258 cm³/mol. The molecular weight excluding hydrogens is 851 g/mol. The minimum absolute atomic E-state index is 0.0539. The second-order valence-electron chi connectivity index (χ2n) is 21.0. The molecule has 4 heterocycles. The summed E-state index contributed by atoms with van der Waals surface area (Å²) in [7, 11) is 4.90. The molecule has 13 atom stereocenters. The van der Waals surface area contributed by atoms with Gasteiger partial charge in [-0.3, -0.25) is 14.4 Å². The third-order valence-electron chi connectivity index (χ3n) is 15.8. The van der Waals surface area contributed by atoms with Crippen LogP contribution in [0.1, 0.15) is 137 Å². The number of carbonyl (C=O) groups is 4. The number of methoxy groups -OCH3 is 3. The molecule has 2 saturated heterocycles. The number of amides is 1. The van der Waals surface area contributed by atoms with E-state index in [1.54, 1.807) is 28.3 Å². The minimum Gasteiger partial charge on any atom is -0.456 e. The molecule has 1 aromatic heterocycles. The van der Waals surface area contributed by atoms with Crippen molar-refractivity contribution in [1.82, 2.24) is 9.47 Å². The highest BCUT2D eigenvalue weighted by atomic mass is 16.7. The molecule has 5 aliphatic rings. The van der Waals surface area contributed by atoms with Gasteiger partial charge in [-0.25, -0.2) is 4.79 Å².